The van der Waals surface area contributed by atoms with Crippen LogP contribution in [0.4, 0.5) is 0 Å². The lowest BCUT2D eigenvalue weighted by atomic mass is 10.1. The summed E-state index contributed by atoms with van der Waals surface area (Å²) < 4.78 is 0. The Labute approximate surface area is 138 Å². The van der Waals surface area contributed by atoms with E-state index >= 15 is 0 Å². The number of halogens is 1. The number of aromatic amines is 1. The Kier molecular flexibility index (Phi) is 5.00. The first-order chi connectivity index (χ1) is 10.7. The molecular weight excluding hydrogens is 320 g/mol. The second-order valence-corrected chi connectivity index (χ2v) is 6.67. The maximum absolute atomic E-state index is 11.8. The molecule has 7 heteroatoms. The molecule has 22 heavy (non-hydrogen) atoms. The summed E-state index contributed by atoms with van der Waals surface area (Å²) in [6.07, 6.45) is 3.13. The summed E-state index contributed by atoms with van der Waals surface area (Å²) in [5.41, 5.74) is 1.11. The molecule has 5 nitrogen and oxygen atoms in total. The van der Waals surface area contributed by atoms with Crippen molar-refractivity contribution < 1.29 is 4.79 Å². The van der Waals surface area contributed by atoms with Crippen LogP contribution in [0.1, 0.15) is 30.1 Å². The molecule has 1 amide bonds. The molecule has 1 aromatic heterocycles. The normalized spacial score (nSPS) is 14.0. The number of H-pyrrole nitrogens is 1. The van der Waals surface area contributed by atoms with Crippen LogP contribution in [0.3, 0.4) is 0 Å². The van der Waals surface area contributed by atoms with Crippen molar-refractivity contribution >= 4 is 29.3 Å². The van der Waals surface area contributed by atoms with Crippen molar-refractivity contribution in [1.29, 1.82) is 0 Å². The minimum Gasteiger partial charge on any atom is -0.355 e. The van der Waals surface area contributed by atoms with Gasteiger partial charge in [-0.25, -0.2) is 4.98 Å². The largest absolute Gasteiger partial charge is 0.355 e. The van der Waals surface area contributed by atoms with Crippen molar-refractivity contribution in [2.45, 2.75) is 30.3 Å². The lowest BCUT2D eigenvalue weighted by Gasteiger charge is -2.04. The summed E-state index contributed by atoms with van der Waals surface area (Å²) in [6.45, 7) is 0.598. The summed E-state index contributed by atoms with van der Waals surface area (Å²) >= 11 is 7.28. The molecule has 0 unspecified atom stereocenters. The molecule has 1 heterocycles. The molecule has 2 N–H and O–H groups in total. The summed E-state index contributed by atoms with van der Waals surface area (Å²) in [4.78, 5) is 16.2. The average molecular weight is 337 g/mol. The molecule has 0 saturated heterocycles. The van der Waals surface area contributed by atoms with E-state index in [4.69, 9.17) is 11.6 Å². The molecule has 1 aliphatic carbocycles. The molecule has 0 bridgehead atoms. The van der Waals surface area contributed by atoms with Gasteiger partial charge in [0.25, 0.3) is 0 Å². The third-order valence-electron chi connectivity index (χ3n) is 3.40. The van der Waals surface area contributed by atoms with E-state index in [9.17, 15) is 4.79 Å². The first-order valence-electron chi connectivity index (χ1n) is 7.27. The van der Waals surface area contributed by atoms with Gasteiger partial charge < -0.3 is 5.32 Å². The Morgan fingerprint density at radius 2 is 2.32 bits per heavy atom. The van der Waals surface area contributed by atoms with Gasteiger partial charge in [0.05, 0.1) is 5.75 Å². The van der Waals surface area contributed by atoms with Gasteiger partial charge in [-0.3, -0.25) is 9.89 Å². The number of rotatable bonds is 7. The number of hydrogen-bond acceptors (Lipinski definition) is 4. The van der Waals surface area contributed by atoms with E-state index in [-0.39, 0.29) is 5.91 Å². The van der Waals surface area contributed by atoms with E-state index in [1.54, 1.807) is 0 Å². The molecule has 1 aliphatic rings. The third kappa shape index (κ3) is 4.48. The third-order valence-corrected chi connectivity index (χ3v) is 4.49. The fourth-order valence-electron chi connectivity index (χ4n) is 2.08. The monoisotopic (exact) mass is 336 g/mol. The predicted molar refractivity (Wildman–Crippen MR) is 87.2 cm³/mol. The maximum atomic E-state index is 11.8. The molecule has 2 aromatic rings. The van der Waals surface area contributed by atoms with Crippen molar-refractivity contribution in [3.63, 3.8) is 0 Å². The molecule has 1 fully saturated rings. The Bertz CT molecular complexity index is 656. The molecule has 3 rings (SSSR count). The van der Waals surface area contributed by atoms with E-state index in [0.717, 1.165) is 22.8 Å². The van der Waals surface area contributed by atoms with E-state index in [1.807, 2.05) is 24.3 Å². The molecule has 116 valence electrons. The van der Waals surface area contributed by atoms with Crippen LogP contribution in [-0.4, -0.2) is 33.4 Å². The zero-order valence-corrected chi connectivity index (χ0v) is 13.6. The van der Waals surface area contributed by atoms with Gasteiger partial charge >= 0.3 is 0 Å². The second-order valence-electron chi connectivity index (χ2n) is 5.30. The van der Waals surface area contributed by atoms with Crippen LogP contribution in [-0.2, 0) is 11.2 Å². The van der Waals surface area contributed by atoms with Crippen LogP contribution in [0, 0.1) is 0 Å². The lowest BCUT2D eigenvalue weighted by molar-refractivity contribution is -0.118. The van der Waals surface area contributed by atoms with Crippen molar-refractivity contribution in [2.24, 2.45) is 0 Å². The van der Waals surface area contributed by atoms with Gasteiger partial charge in [0.2, 0.25) is 11.1 Å². The van der Waals surface area contributed by atoms with Gasteiger partial charge in [0.15, 0.2) is 0 Å². The zero-order chi connectivity index (χ0) is 15.4. The Morgan fingerprint density at radius 1 is 1.45 bits per heavy atom. The molecule has 0 atom stereocenters. The van der Waals surface area contributed by atoms with E-state index in [2.05, 4.69) is 20.5 Å². The maximum Gasteiger partial charge on any atom is 0.230 e. The minimum atomic E-state index is -0.00944. The molecule has 1 aromatic carbocycles. The smallest absolute Gasteiger partial charge is 0.230 e. The fourth-order valence-corrected chi connectivity index (χ4v) is 2.93. The van der Waals surface area contributed by atoms with Crippen molar-refractivity contribution in [1.82, 2.24) is 20.5 Å². The van der Waals surface area contributed by atoms with Crippen molar-refractivity contribution in [2.75, 3.05) is 12.3 Å². The first kappa shape index (κ1) is 15.4. The Balaban J connectivity index is 1.36. The van der Waals surface area contributed by atoms with Gasteiger partial charge in [0.1, 0.15) is 5.82 Å². The first-order valence-corrected chi connectivity index (χ1v) is 8.63. The number of amides is 1. The fraction of sp³-hybridized carbons (Fsp3) is 0.400. The molecule has 1 saturated carbocycles. The highest BCUT2D eigenvalue weighted by molar-refractivity contribution is 7.99. The Morgan fingerprint density at radius 3 is 3.09 bits per heavy atom. The number of carbonyl (C=O) groups excluding carboxylic acids is 1. The minimum absolute atomic E-state index is 0.00944. The van der Waals surface area contributed by atoms with Crippen LogP contribution in [0.5, 0.6) is 0 Å². The number of nitrogens with zero attached hydrogens (tertiary/aromatic N) is 2. The van der Waals surface area contributed by atoms with E-state index in [0.29, 0.717) is 23.4 Å². The summed E-state index contributed by atoms with van der Waals surface area (Å²) in [5, 5.41) is 11.3. The topological polar surface area (TPSA) is 70.7 Å². The highest BCUT2D eigenvalue weighted by atomic mass is 35.5. The molecule has 0 aliphatic heterocycles. The van der Waals surface area contributed by atoms with Crippen molar-refractivity contribution in [3.8, 4) is 0 Å². The number of carbonyl (C=O) groups is 1. The van der Waals surface area contributed by atoms with E-state index < -0.39 is 0 Å². The summed E-state index contributed by atoms with van der Waals surface area (Å²) in [7, 11) is 0. The predicted octanol–water partition coefficient (Wildman–Crippen LogP) is 2.79. The highest BCUT2D eigenvalue weighted by Gasteiger charge is 2.27. The number of aromatic nitrogens is 3. The van der Waals surface area contributed by atoms with Gasteiger partial charge in [-0.1, -0.05) is 35.5 Å². The number of benzene rings is 1. The van der Waals surface area contributed by atoms with Crippen LogP contribution in [0.25, 0.3) is 0 Å². The van der Waals surface area contributed by atoms with Crippen LogP contribution >= 0.6 is 23.4 Å². The van der Waals surface area contributed by atoms with Gasteiger partial charge in [-0.15, -0.1) is 5.10 Å². The average Bonchev–Trinajstić information content (AvgIpc) is 3.24. The number of nitrogens with one attached hydrogen (secondary N) is 2. The van der Waals surface area contributed by atoms with Crippen molar-refractivity contribution in [3.05, 3.63) is 40.7 Å². The summed E-state index contributed by atoms with van der Waals surface area (Å²) in [5.74, 6) is 1.82. The van der Waals surface area contributed by atoms with Gasteiger partial charge in [0, 0.05) is 17.5 Å². The number of hydrogen-bond donors (Lipinski definition) is 2. The molecule has 0 radical (unpaired) electrons. The molecule has 0 spiro atoms. The van der Waals surface area contributed by atoms with Crippen LogP contribution in [0.15, 0.2) is 29.4 Å². The van der Waals surface area contributed by atoms with E-state index in [1.165, 1.54) is 24.6 Å². The SMILES string of the molecule is O=C(CSc1n[nH]c(C2CC2)n1)NCCc1cccc(Cl)c1. The van der Waals surface area contributed by atoms with Gasteiger partial charge in [-0.2, -0.15) is 0 Å². The second kappa shape index (κ2) is 7.15. The quantitative estimate of drug-likeness (QED) is 0.763. The highest BCUT2D eigenvalue weighted by Crippen LogP contribution is 2.38. The van der Waals surface area contributed by atoms with Crippen LogP contribution in [0.2, 0.25) is 5.02 Å². The van der Waals surface area contributed by atoms with Gasteiger partial charge in [-0.05, 0) is 37.0 Å². The summed E-state index contributed by atoms with van der Waals surface area (Å²) in [6, 6.07) is 7.67. The number of thioether (sulfide) groups is 1. The Hall–Kier alpha value is -1.53. The van der Waals surface area contributed by atoms with Crippen LogP contribution < -0.4 is 5.32 Å². The zero-order valence-electron chi connectivity index (χ0n) is 12.0. The lowest BCUT2D eigenvalue weighted by Crippen LogP contribution is -2.27. The standard InChI is InChI=1S/C15H17ClN4OS/c16-12-3-1-2-10(8-12)6-7-17-13(21)9-22-15-18-14(19-20-15)11-4-5-11/h1-3,8,11H,4-7,9H2,(H,17,21)(H,18,19,20). The molecular formula is C15H17ClN4OS.